The molecule has 3 nitrogen and oxygen atoms in total. The summed E-state index contributed by atoms with van der Waals surface area (Å²) in [6.45, 7) is 0. The summed E-state index contributed by atoms with van der Waals surface area (Å²) in [6.07, 6.45) is 3.24. The zero-order valence-corrected chi connectivity index (χ0v) is 13.7. The molecule has 0 amide bonds. The Balaban J connectivity index is 2.44. The molecule has 1 aromatic rings. The Bertz CT molecular complexity index is 666. The fourth-order valence-electron chi connectivity index (χ4n) is 2.36. The topological polar surface area (TPSA) is 35.5 Å². The van der Waals surface area contributed by atoms with E-state index in [2.05, 4.69) is 0 Å². The van der Waals surface area contributed by atoms with Crippen molar-refractivity contribution in [2.24, 2.45) is 0 Å². The molecule has 6 heteroatoms. The molecule has 1 aliphatic carbocycles. The second kappa shape index (κ2) is 7.16. The van der Waals surface area contributed by atoms with E-state index < -0.39 is 11.1 Å². The van der Waals surface area contributed by atoms with Gasteiger partial charge in [-0.25, -0.2) is 4.39 Å². The van der Waals surface area contributed by atoms with Gasteiger partial charge in [-0.15, -0.1) is 0 Å². The van der Waals surface area contributed by atoms with Gasteiger partial charge >= 0.3 is 0 Å². The van der Waals surface area contributed by atoms with Crippen LogP contribution >= 0.6 is 23.2 Å². The molecule has 22 heavy (non-hydrogen) atoms. The predicted molar refractivity (Wildman–Crippen MR) is 84.7 cm³/mol. The van der Waals surface area contributed by atoms with Gasteiger partial charge in [0.05, 0.1) is 24.8 Å². The fraction of sp³-hybridized carbons (Fsp3) is 0.312. The summed E-state index contributed by atoms with van der Waals surface area (Å²) in [6, 6.07) is 3.13. The van der Waals surface area contributed by atoms with Crippen LogP contribution in [-0.4, -0.2) is 19.5 Å². The van der Waals surface area contributed by atoms with E-state index >= 15 is 0 Å². The number of halogens is 3. The van der Waals surface area contributed by atoms with E-state index in [1.54, 1.807) is 18.2 Å². The first kappa shape index (κ1) is 16.8. The lowest BCUT2D eigenvalue weighted by Crippen LogP contribution is -2.04. The molecule has 1 aliphatic rings. The summed E-state index contributed by atoms with van der Waals surface area (Å²) in [7, 11) is 2.93. The molecule has 0 bridgehead atoms. The van der Waals surface area contributed by atoms with Crippen LogP contribution in [0.15, 0.2) is 34.6 Å². The third-order valence-electron chi connectivity index (χ3n) is 3.47. The SMILES string of the molecule is COc1cc(OC)c(C(=O)Cl)cc1CC1=CCCC(Cl)=C1F. The van der Waals surface area contributed by atoms with Crippen molar-refractivity contribution >= 4 is 28.4 Å². The van der Waals surface area contributed by atoms with Gasteiger partial charge in [-0.3, -0.25) is 4.79 Å². The van der Waals surface area contributed by atoms with Gasteiger partial charge in [0.2, 0.25) is 0 Å². The van der Waals surface area contributed by atoms with E-state index in [9.17, 15) is 9.18 Å². The first-order valence-electron chi connectivity index (χ1n) is 6.66. The average molecular weight is 345 g/mol. The van der Waals surface area contributed by atoms with Crippen LogP contribution in [0.25, 0.3) is 0 Å². The number of benzene rings is 1. The van der Waals surface area contributed by atoms with Crippen LogP contribution in [0.4, 0.5) is 4.39 Å². The lowest BCUT2D eigenvalue weighted by Gasteiger charge is -2.16. The number of hydrogen-bond acceptors (Lipinski definition) is 3. The molecule has 2 rings (SSSR count). The van der Waals surface area contributed by atoms with Crippen LogP contribution in [0.2, 0.25) is 0 Å². The van der Waals surface area contributed by atoms with Crippen molar-refractivity contribution in [1.82, 2.24) is 0 Å². The highest BCUT2D eigenvalue weighted by Gasteiger charge is 2.20. The first-order valence-corrected chi connectivity index (χ1v) is 7.41. The zero-order valence-electron chi connectivity index (χ0n) is 12.2. The van der Waals surface area contributed by atoms with E-state index in [0.29, 0.717) is 35.5 Å². The zero-order chi connectivity index (χ0) is 16.3. The monoisotopic (exact) mass is 344 g/mol. The Morgan fingerprint density at radius 1 is 1.27 bits per heavy atom. The standard InChI is InChI=1S/C16H15Cl2FO3/c1-21-13-8-14(22-2)11(16(18)20)7-10(13)6-9-4-3-5-12(17)15(9)19/h4,7-8H,3,5-6H2,1-2H3. The van der Waals surface area contributed by atoms with Gasteiger partial charge in [-0.05, 0) is 41.6 Å². The molecule has 0 unspecified atom stereocenters. The normalized spacial score (nSPS) is 14.7. The van der Waals surface area contributed by atoms with Crippen molar-refractivity contribution in [1.29, 1.82) is 0 Å². The molecule has 118 valence electrons. The van der Waals surface area contributed by atoms with Crippen LogP contribution in [0.3, 0.4) is 0 Å². The highest BCUT2D eigenvalue weighted by atomic mass is 35.5. The smallest absolute Gasteiger partial charge is 0.256 e. The third-order valence-corrected chi connectivity index (χ3v) is 4.03. The van der Waals surface area contributed by atoms with Gasteiger partial charge in [0.25, 0.3) is 5.24 Å². The van der Waals surface area contributed by atoms with E-state index in [0.717, 1.165) is 0 Å². The van der Waals surface area contributed by atoms with Crippen molar-refractivity contribution in [3.63, 3.8) is 0 Å². The molecule has 0 heterocycles. The molecule has 0 fully saturated rings. The second-order valence-corrected chi connectivity index (χ2v) is 5.60. The number of carbonyl (C=O) groups is 1. The lowest BCUT2D eigenvalue weighted by molar-refractivity contribution is 0.107. The van der Waals surface area contributed by atoms with Crippen LogP contribution in [0.5, 0.6) is 11.5 Å². The minimum atomic E-state index is -0.646. The quantitative estimate of drug-likeness (QED) is 0.722. The molecule has 0 atom stereocenters. The van der Waals surface area contributed by atoms with Gasteiger partial charge < -0.3 is 9.47 Å². The molecule has 0 aromatic heterocycles. The van der Waals surface area contributed by atoms with Crippen molar-refractivity contribution in [3.05, 3.63) is 45.8 Å². The van der Waals surface area contributed by atoms with Gasteiger partial charge in [0, 0.05) is 12.5 Å². The Hall–Kier alpha value is -1.52. The van der Waals surface area contributed by atoms with Crippen molar-refractivity contribution < 1.29 is 18.7 Å². The second-order valence-electron chi connectivity index (χ2n) is 4.80. The van der Waals surface area contributed by atoms with Gasteiger partial charge in [0.1, 0.15) is 17.3 Å². The molecular formula is C16H15Cl2FO3. The van der Waals surface area contributed by atoms with E-state index in [1.165, 1.54) is 14.2 Å². The molecule has 0 spiro atoms. The molecule has 0 saturated carbocycles. The summed E-state index contributed by atoms with van der Waals surface area (Å²) in [5, 5.41) is -0.425. The number of carbonyl (C=O) groups excluding carboxylic acids is 1. The van der Waals surface area contributed by atoms with E-state index in [-0.39, 0.29) is 17.0 Å². The van der Waals surface area contributed by atoms with Gasteiger partial charge in [0.15, 0.2) is 0 Å². The van der Waals surface area contributed by atoms with Gasteiger partial charge in [-0.2, -0.15) is 0 Å². The van der Waals surface area contributed by atoms with Crippen molar-refractivity contribution in [2.45, 2.75) is 19.3 Å². The van der Waals surface area contributed by atoms with Crippen LogP contribution in [0, 0.1) is 0 Å². The lowest BCUT2D eigenvalue weighted by atomic mass is 9.96. The maximum Gasteiger partial charge on any atom is 0.256 e. The van der Waals surface area contributed by atoms with Crippen molar-refractivity contribution in [3.8, 4) is 11.5 Å². The number of allylic oxidation sites excluding steroid dienone is 4. The molecule has 0 aliphatic heterocycles. The molecule has 0 radical (unpaired) electrons. The summed E-state index contributed by atoms with van der Waals surface area (Å²) in [4.78, 5) is 11.5. The summed E-state index contributed by atoms with van der Waals surface area (Å²) in [5.41, 5.74) is 1.33. The Kier molecular flexibility index (Phi) is 5.48. The summed E-state index contributed by atoms with van der Waals surface area (Å²) in [5.74, 6) is 0.394. The largest absolute Gasteiger partial charge is 0.496 e. The van der Waals surface area contributed by atoms with E-state index in [4.69, 9.17) is 32.7 Å². The van der Waals surface area contributed by atoms with Crippen molar-refractivity contribution in [2.75, 3.05) is 14.2 Å². The highest BCUT2D eigenvalue weighted by molar-refractivity contribution is 6.68. The fourth-order valence-corrected chi connectivity index (χ4v) is 2.74. The summed E-state index contributed by atoms with van der Waals surface area (Å²) < 4.78 is 24.5. The minimum Gasteiger partial charge on any atom is -0.496 e. The number of methoxy groups -OCH3 is 2. The number of rotatable bonds is 5. The summed E-state index contributed by atoms with van der Waals surface area (Å²) >= 11 is 11.4. The molecular weight excluding hydrogens is 330 g/mol. The van der Waals surface area contributed by atoms with Crippen LogP contribution in [-0.2, 0) is 6.42 Å². The maximum absolute atomic E-state index is 14.1. The first-order chi connectivity index (χ1) is 10.5. The number of ether oxygens (including phenoxy) is 2. The van der Waals surface area contributed by atoms with Gasteiger partial charge in [-0.1, -0.05) is 17.7 Å². The predicted octanol–water partition coefficient (Wildman–Crippen LogP) is 4.77. The van der Waals surface area contributed by atoms with Crippen LogP contribution in [0.1, 0.15) is 28.8 Å². The number of hydrogen-bond donors (Lipinski definition) is 0. The Morgan fingerprint density at radius 2 is 1.95 bits per heavy atom. The van der Waals surface area contributed by atoms with E-state index in [1.807, 2.05) is 0 Å². The molecule has 0 saturated heterocycles. The minimum absolute atomic E-state index is 0.215. The maximum atomic E-state index is 14.1. The Labute approximate surface area is 138 Å². The molecule has 1 aromatic carbocycles. The highest BCUT2D eigenvalue weighted by Crippen LogP contribution is 2.35. The Morgan fingerprint density at radius 3 is 2.55 bits per heavy atom. The molecule has 0 N–H and O–H groups in total. The average Bonchev–Trinajstić information content (AvgIpc) is 2.51. The third kappa shape index (κ3) is 3.45. The van der Waals surface area contributed by atoms with Crippen LogP contribution < -0.4 is 9.47 Å².